The molecule has 0 spiro atoms. The van der Waals surface area contributed by atoms with Gasteiger partial charge in [-0.15, -0.1) is 0 Å². The Balaban J connectivity index is 1.75. The second-order valence-corrected chi connectivity index (χ2v) is 13.6. The molecule has 2 aromatic carbocycles. The minimum Gasteiger partial charge on any atom is -0.282 e. The Labute approximate surface area is 247 Å². The highest BCUT2D eigenvalue weighted by molar-refractivity contribution is 7.86. The standard InChI is InChI=1S/C36H60O3S/c1-3-5-7-9-11-13-15-17-19-21-23-25-32-27-28-34-29-33(31-36(35(34)30-32)40(37,38)39)26-24-22-20-18-16-14-12-10-8-6-4-2/h27-31H,3-26H2,1-2H3,(H,37,38,39). The summed E-state index contributed by atoms with van der Waals surface area (Å²) in [6.07, 6.45) is 30.6. The lowest BCUT2D eigenvalue weighted by Crippen LogP contribution is -2.02. The predicted molar refractivity (Wildman–Crippen MR) is 174 cm³/mol. The Kier molecular flexibility index (Phi) is 18.6. The molecule has 0 amide bonds. The van der Waals surface area contributed by atoms with Crippen molar-refractivity contribution in [2.45, 2.75) is 173 Å². The molecule has 3 nitrogen and oxygen atoms in total. The van der Waals surface area contributed by atoms with Crippen molar-refractivity contribution in [1.29, 1.82) is 0 Å². The van der Waals surface area contributed by atoms with Crippen molar-refractivity contribution in [3.8, 4) is 0 Å². The molecule has 40 heavy (non-hydrogen) atoms. The Hall–Kier alpha value is -1.39. The number of rotatable bonds is 25. The number of benzene rings is 2. The van der Waals surface area contributed by atoms with Gasteiger partial charge in [0, 0.05) is 5.39 Å². The van der Waals surface area contributed by atoms with E-state index in [-0.39, 0.29) is 4.90 Å². The number of hydrogen-bond acceptors (Lipinski definition) is 2. The SMILES string of the molecule is CCCCCCCCCCCCCc1cc(S(=O)(=O)O)c2cc(CCCCCCCCCCCCC)ccc2c1. The first-order chi connectivity index (χ1) is 19.5. The van der Waals surface area contributed by atoms with Gasteiger partial charge in [-0.05, 0) is 54.3 Å². The fourth-order valence-corrected chi connectivity index (χ4v) is 6.69. The molecule has 0 aliphatic heterocycles. The Morgan fingerprint density at radius 1 is 0.500 bits per heavy atom. The van der Waals surface area contributed by atoms with Crippen LogP contribution in [0, 0.1) is 0 Å². The van der Waals surface area contributed by atoms with E-state index in [0.29, 0.717) is 5.39 Å². The molecule has 0 bridgehead atoms. The van der Waals surface area contributed by atoms with Crippen LogP contribution in [0.4, 0.5) is 0 Å². The predicted octanol–water partition coefficient (Wildman–Crippen LogP) is 11.8. The van der Waals surface area contributed by atoms with E-state index in [1.807, 2.05) is 12.1 Å². The summed E-state index contributed by atoms with van der Waals surface area (Å²) in [4.78, 5) is 0.0730. The van der Waals surface area contributed by atoms with E-state index in [1.165, 1.54) is 128 Å². The van der Waals surface area contributed by atoms with E-state index in [4.69, 9.17) is 0 Å². The quantitative estimate of drug-likeness (QED) is 0.0950. The van der Waals surface area contributed by atoms with Crippen molar-refractivity contribution in [1.82, 2.24) is 0 Å². The summed E-state index contributed by atoms with van der Waals surface area (Å²) in [5, 5.41) is 1.57. The zero-order chi connectivity index (χ0) is 28.9. The van der Waals surface area contributed by atoms with Crippen molar-refractivity contribution >= 4 is 20.9 Å². The Morgan fingerprint density at radius 2 is 0.900 bits per heavy atom. The normalized spacial score (nSPS) is 12.0. The summed E-state index contributed by atoms with van der Waals surface area (Å²) >= 11 is 0. The lowest BCUT2D eigenvalue weighted by atomic mass is 9.98. The van der Waals surface area contributed by atoms with E-state index in [9.17, 15) is 13.0 Å². The lowest BCUT2D eigenvalue weighted by Gasteiger charge is -2.11. The third kappa shape index (κ3) is 15.0. The van der Waals surface area contributed by atoms with Gasteiger partial charge in [0.1, 0.15) is 4.90 Å². The maximum Gasteiger partial charge on any atom is 0.295 e. The second kappa shape index (κ2) is 21.3. The largest absolute Gasteiger partial charge is 0.295 e. The van der Waals surface area contributed by atoms with Crippen molar-refractivity contribution in [2.24, 2.45) is 0 Å². The van der Waals surface area contributed by atoms with E-state index in [1.54, 1.807) is 6.07 Å². The van der Waals surface area contributed by atoms with Gasteiger partial charge in [-0.25, -0.2) is 0 Å². The van der Waals surface area contributed by atoms with E-state index >= 15 is 0 Å². The highest BCUT2D eigenvalue weighted by Crippen LogP contribution is 2.28. The smallest absolute Gasteiger partial charge is 0.282 e. The summed E-state index contributed by atoms with van der Waals surface area (Å²) in [5.41, 5.74) is 2.17. The van der Waals surface area contributed by atoms with Gasteiger partial charge in [0.15, 0.2) is 0 Å². The molecular formula is C36H60O3S. The summed E-state index contributed by atoms with van der Waals surface area (Å²) < 4.78 is 34.6. The molecule has 0 fully saturated rings. The van der Waals surface area contributed by atoms with E-state index < -0.39 is 10.1 Å². The van der Waals surface area contributed by atoms with Crippen LogP contribution in [-0.2, 0) is 23.0 Å². The molecule has 2 rings (SSSR count). The molecule has 0 saturated carbocycles. The van der Waals surface area contributed by atoms with Crippen molar-refractivity contribution in [3.63, 3.8) is 0 Å². The highest BCUT2D eigenvalue weighted by atomic mass is 32.2. The number of aryl methyl sites for hydroxylation is 2. The fraction of sp³-hybridized carbons (Fsp3) is 0.722. The van der Waals surface area contributed by atoms with Gasteiger partial charge in [0.25, 0.3) is 10.1 Å². The molecular weight excluding hydrogens is 512 g/mol. The molecule has 0 heterocycles. The number of hydrogen-bond donors (Lipinski definition) is 1. The van der Waals surface area contributed by atoms with Crippen LogP contribution in [0.25, 0.3) is 10.8 Å². The van der Waals surface area contributed by atoms with Crippen LogP contribution < -0.4 is 0 Å². The van der Waals surface area contributed by atoms with Gasteiger partial charge in [-0.3, -0.25) is 4.55 Å². The monoisotopic (exact) mass is 572 g/mol. The second-order valence-electron chi connectivity index (χ2n) is 12.2. The van der Waals surface area contributed by atoms with Crippen molar-refractivity contribution < 1.29 is 13.0 Å². The molecule has 0 aliphatic rings. The lowest BCUT2D eigenvalue weighted by molar-refractivity contribution is 0.484. The maximum atomic E-state index is 12.3. The van der Waals surface area contributed by atoms with Gasteiger partial charge in [-0.2, -0.15) is 8.42 Å². The molecule has 0 aromatic heterocycles. The first kappa shape index (κ1) is 34.8. The molecule has 1 N–H and O–H groups in total. The number of fused-ring (bicyclic) bond motifs is 1. The van der Waals surface area contributed by atoms with Gasteiger partial charge in [-0.1, -0.05) is 160 Å². The van der Waals surface area contributed by atoms with Gasteiger partial charge in [0.2, 0.25) is 0 Å². The minimum atomic E-state index is -4.27. The van der Waals surface area contributed by atoms with Crippen LogP contribution >= 0.6 is 0 Å². The van der Waals surface area contributed by atoms with Crippen molar-refractivity contribution in [3.05, 3.63) is 41.5 Å². The molecule has 0 aliphatic carbocycles. The Morgan fingerprint density at radius 3 is 1.32 bits per heavy atom. The molecule has 2 aromatic rings. The fourth-order valence-electron chi connectivity index (χ4n) is 5.93. The summed E-state index contributed by atoms with van der Waals surface area (Å²) in [6.45, 7) is 4.53. The van der Waals surface area contributed by atoms with Gasteiger partial charge >= 0.3 is 0 Å². The van der Waals surface area contributed by atoms with Crippen LogP contribution in [-0.4, -0.2) is 13.0 Å². The van der Waals surface area contributed by atoms with Crippen LogP contribution in [0.2, 0.25) is 0 Å². The summed E-state index contributed by atoms with van der Waals surface area (Å²) in [5.74, 6) is 0. The van der Waals surface area contributed by atoms with Crippen LogP contribution in [0.1, 0.15) is 166 Å². The third-order valence-corrected chi connectivity index (χ3v) is 9.35. The van der Waals surface area contributed by atoms with E-state index in [2.05, 4.69) is 26.0 Å². The Bertz CT molecular complexity index is 1030. The molecule has 4 heteroatoms. The third-order valence-electron chi connectivity index (χ3n) is 8.46. The molecule has 0 atom stereocenters. The molecule has 0 unspecified atom stereocenters. The first-order valence-corrected chi connectivity index (χ1v) is 18.4. The first-order valence-electron chi connectivity index (χ1n) is 17.0. The van der Waals surface area contributed by atoms with Crippen molar-refractivity contribution in [2.75, 3.05) is 0 Å². The summed E-state index contributed by atoms with van der Waals surface area (Å²) in [6, 6.07) is 9.99. The van der Waals surface area contributed by atoms with Crippen LogP contribution in [0.15, 0.2) is 35.2 Å². The summed E-state index contributed by atoms with van der Waals surface area (Å²) in [7, 11) is -4.27. The number of unbranched alkanes of at least 4 members (excludes halogenated alkanes) is 20. The average molecular weight is 573 g/mol. The zero-order valence-electron chi connectivity index (χ0n) is 26.0. The van der Waals surface area contributed by atoms with Crippen LogP contribution in [0.5, 0.6) is 0 Å². The molecule has 0 radical (unpaired) electrons. The van der Waals surface area contributed by atoms with E-state index in [0.717, 1.165) is 42.2 Å². The molecule has 0 saturated heterocycles. The zero-order valence-corrected chi connectivity index (χ0v) is 26.8. The maximum absolute atomic E-state index is 12.3. The van der Waals surface area contributed by atoms with Crippen LogP contribution in [0.3, 0.4) is 0 Å². The average Bonchev–Trinajstić information content (AvgIpc) is 2.93. The minimum absolute atomic E-state index is 0.0730. The van der Waals surface area contributed by atoms with Gasteiger partial charge in [0.05, 0.1) is 0 Å². The topological polar surface area (TPSA) is 54.4 Å². The van der Waals surface area contributed by atoms with Gasteiger partial charge < -0.3 is 0 Å². The molecule has 228 valence electrons. The highest BCUT2D eigenvalue weighted by Gasteiger charge is 2.16.